The lowest BCUT2D eigenvalue weighted by molar-refractivity contribution is -0.116. The Hall–Kier alpha value is -2.74. The average molecular weight is 471 g/mol. The predicted octanol–water partition coefficient (Wildman–Crippen LogP) is 4.07. The molecule has 0 saturated carbocycles. The van der Waals surface area contributed by atoms with Gasteiger partial charge in [0, 0.05) is 57.2 Å². The third kappa shape index (κ3) is 5.32. The number of anilines is 2. The standard InChI is InChI=1S/C26H32F2N4O2/c27-26(28)11-10-19-4-3-5-22(21(19)18-26)32-15-13-31(14-16-32)12-1-2-17-34-24-9-7-20-6-8-23(33)29-25(20)30-24/h3-5,7,9H,1-2,6,8,10-18H2,(H,29,30,33). The molecule has 1 aromatic heterocycles. The van der Waals surface area contributed by atoms with E-state index in [1.54, 1.807) is 0 Å². The fourth-order valence-corrected chi connectivity index (χ4v) is 5.15. The zero-order chi connectivity index (χ0) is 23.5. The van der Waals surface area contributed by atoms with Gasteiger partial charge in [-0.25, -0.2) is 8.78 Å². The van der Waals surface area contributed by atoms with Crippen LogP contribution in [0.3, 0.4) is 0 Å². The number of benzene rings is 1. The van der Waals surface area contributed by atoms with Crippen LogP contribution < -0.4 is 15.0 Å². The van der Waals surface area contributed by atoms with Gasteiger partial charge in [0.2, 0.25) is 11.8 Å². The summed E-state index contributed by atoms with van der Waals surface area (Å²) in [5.41, 5.74) is 3.98. The molecule has 1 fully saturated rings. The van der Waals surface area contributed by atoms with E-state index in [1.807, 2.05) is 30.3 Å². The highest BCUT2D eigenvalue weighted by Crippen LogP contribution is 2.38. The summed E-state index contributed by atoms with van der Waals surface area (Å²) in [5, 5.41) is 2.80. The van der Waals surface area contributed by atoms with Crippen molar-refractivity contribution in [2.45, 2.75) is 50.9 Å². The number of amides is 1. The molecular weight excluding hydrogens is 438 g/mol. The van der Waals surface area contributed by atoms with Gasteiger partial charge >= 0.3 is 0 Å². The zero-order valence-corrected chi connectivity index (χ0v) is 19.5. The van der Waals surface area contributed by atoms with E-state index < -0.39 is 5.92 Å². The lowest BCUT2D eigenvalue weighted by Crippen LogP contribution is -2.47. The van der Waals surface area contributed by atoms with E-state index in [4.69, 9.17) is 4.74 Å². The number of fused-ring (bicyclic) bond motifs is 2. The maximum absolute atomic E-state index is 14.0. The highest BCUT2D eigenvalue weighted by atomic mass is 19.3. The van der Waals surface area contributed by atoms with Crippen LogP contribution in [0.1, 0.15) is 42.4 Å². The quantitative estimate of drug-likeness (QED) is 0.619. The number of rotatable bonds is 7. The van der Waals surface area contributed by atoms with Crippen LogP contribution in [0, 0.1) is 0 Å². The Kier molecular flexibility index (Phi) is 6.68. The summed E-state index contributed by atoms with van der Waals surface area (Å²) >= 11 is 0. The molecule has 1 aromatic carbocycles. The molecule has 3 heterocycles. The highest BCUT2D eigenvalue weighted by Gasteiger charge is 2.36. The lowest BCUT2D eigenvalue weighted by Gasteiger charge is -2.38. The first-order chi connectivity index (χ1) is 16.5. The van der Waals surface area contributed by atoms with Crippen LogP contribution in [0.15, 0.2) is 30.3 Å². The van der Waals surface area contributed by atoms with Crippen LogP contribution in [0.25, 0.3) is 0 Å². The highest BCUT2D eigenvalue weighted by molar-refractivity contribution is 5.92. The van der Waals surface area contributed by atoms with Gasteiger partial charge in [-0.15, -0.1) is 0 Å². The summed E-state index contributed by atoms with van der Waals surface area (Å²) in [7, 11) is 0. The Morgan fingerprint density at radius 3 is 2.71 bits per heavy atom. The van der Waals surface area contributed by atoms with Crippen molar-refractivity contribution < 1.29 is 18.3 Å². The van der Waals surface area contributed by atoms with Crippen molar-refractivity contribution in [3.8, 4) is 5.88 Å². The number of alkyl halides is 2. The summed E-state index contributed by atoms with van der Waals surface area (Å²) in [6, 6.07) is 9.86. The van der Waals surface area contributed by atoms with Gasteiger partial charge in [-0.2, -0.15) is 4.98 Å². The van der Waals surface area contributed by atoms with Crippen molar-refractivity contribution in [1.82, 2.24) is 9.88 Å². The number of nitrogens with one attached hydrogen (secondary N) is 1. The number of carbonyl (C=O) groups excluding carboxylic acids is 1. The second-order valence-electron chi connectivity index (χ2n) is 9.54. The normalized spacial score (nSPS) is 19.8. The van der Waals surface area contributed by atoms with Crippen LogP contribution in [0.5, 0.6) is 5.88 Å². The predicted molar refractivity (Wildman–Crippen MR) is 128 cm³/mol. The molecule has 1 N–H and O–H groups in total. The van der Waals surface area contributed by atoms with E-state index in [9.17, 15) is 13.6 Å². The fourth-order valence-electron chi connectivity index (χ4n) is 5.15. The summed E-state index contributed by atoms with van der Waals surface area (Å²) in [4.78, 5) is 20.7. The maximum Gasteiger partial charge on any atom is 0.252 e. The fraction of sp³-hybridized carbons (Fsp3) is 0.538. The van der Waals surface area contributed by atoms with Crippen LogP contribution in [-0.2, 0) is 24.1 Å². The Balaban J connectivity index is 1.05. The monoisotopic (exact) mass is 470 g/mol. The minimum atomic E-state index is -2.59. The van der Waals surface area contributed by atoms with E-state index >= 15 is 0 Å². The molecule has 8 heteroatoms. The molecule has 0 spiro atoms. The number of nitrogens with zero attached hydrogens (tertiary/aromatic N) is 3. The molecule has 2 aliphatic heterocycles. The van der Waals surface area contributed by atoms with Crippen molar-refractivity contribution in [3.63, 3.8) is 0 Å². The van der Waals surface area contributed by atoms with Crippen LogP contribution in [0.2, 0.25) is 0 Å². The number of halogens is 2. The Morgan fingerprint density at radius 1 is 1.00 bits per heavy atom. The number of ether oxygens (including phenoxy) is 1. The van der Waals surface area contributed by atoms with Gasteiger partial charge in [0.1, 0.15) is 5.82 Å². The molecule has 0 bridgehead atoms. The Morgan fingerprint density at radius 2 is 1.85 bits per heavy atom. The van der Waals surface area contributed by atoms with Crippen molar-refractivity contribution in [2.24, 2.45) is 0 Å². The SMILES string of the molecule is O=C1CCc2ccc(OCCCCN3CCN(c4cccc5c4CC(F)(F)CC5)CC3)nc2N1. The van der Waals surface area contributed by atoms with E-state index in [2.05, 4.69) is 20.1 Å². The molecule has 0 unspecified atom stereocenters. The number of unbranched alkanes of at least 4 members (excludes halogenated alkanes) is 1. The van der Waals surface area contributed by atoms with E-state index in [1.165, 1.54) is 0 Å². The first-order valence-corrected chi connectivity index (χ1v) is 12.4. The van der Waals surface area contributed by atoms with Gasteiger partial charge in [-0.05, 0) is 61.1 Å². The second kappa shape index (κ2) is 9.86. The van der Waals surface area contributed by atoms with Crippen molar-refractivity contribution in [2.75, 3.05) is 49.5 Å². The van der Waals surface area contributed by atoms with Gasteiger partial charge in [-0.1, -0.05) is 12.1 Å². The molecule has 0 atom stereocenters. The molecule has 2 aromatic rings. The van der Waals surface area contributed by atoms with Crippen molar-refractivity contribution >= 4 is 17.4 Å². The third-order valence-electron chi connectivity index (χ3n) is 7.11. The minimum Gasteiger partial charge on any atom is -0.478 e. The van der Waals surface area contributed by atoms with Crippen LogP contribution in [0.4, 0.5) is 20.3 Å². The Bertz CT molecular complexity index is 1040. The number of aryl methyl sites for hydroxylation is 2. The minimum absolute atomic E-state index is 0.00216. The number of aromatic nitrogens is 1. The van der Waals surface area contributed by atoms with Crippen LogP contribution in [-0.4, -0.2) is 61.0 Å². The number of carbonyl (C=O) groups is 1. The summed E-state index contributed by atoms with van der Waals surface area (Å²) in [5.74, 6) is -1.42. The Labute approximate surface area is 199 Å². The number of pyridine rings is 1. The number of piperazine rings is 1. The first kappa shape index (κ1) is 23.0. The molecule has 182 valence electrons. The lowest BCUT2D eigenvalue weighted by atomic mass is 9.87. The topological polar surface area (TPSA) is 57.7 Å². The van der Waals surface area contributed by atoms with E-state index in [-0.39, 0.29) is 18.7 Å². The summed E-state index contributed by atoms with van der Waals surface area (Å²) in [6.45, 7) is 5.19. The van der Waals surface area contributed by atoms with Gasteiger partial charge in [0.25, 0.3) is 5.92 Å². The van der Waals surface area contributed by atoms with Gasteiger partial charge < -0.3 is 15.0 Å². The molecule has 34 heavy (non-hydrogen) atoms. The third-order valence-corrected chi connectivity index (χ3v) is 7.11. The molecule has 3 aliphatic rings. The van der Waals surface area contributed by atoms with E-state index in [0.717, 1.165) is 74.4 Å². The smallest absolute Gasteiger partial charge is 0.252 e. The summed E-state index contributed by atoms with van der Waals surface area (Å²) < 4.78 is 33.9. The van der Waals surface area contributed by atoms with E-state index in [0.29, 0.717) is 31.1 Å². The largest absolute Gasteiger partial charge is 0.478 e. The van der Waals surface area contributed by atoms with Gasteiger partial charge in [0.05, 0.1) is 6.61 Å². The van der Waals surface area contributed by atoms with Crippen LogP contribution >= 0.6 is 0 Å². The van der Waals surface area contributed by atoms with Crippen molar-refractivity contribution in [3.05, 3.63) is 47.0 Å². The maximum atomic E-state index is 14.0. The van der Waals surface area contributed by atoms with Gasteiger partial charge in [0.15, 0.2) is 0 Å². The van der Waals surface area contributed by atoms with Crippen molar-refractivity contribution in [1.29, 1.82) is 0 Å². The molecule has 1 saturated heterocycles. The molecule has 1 aliphatic carbocycles. The second-order valence-corrected chi connectivity index (χ2v) is 9.54. The number of hydrogen-bond donors (Lipinski definition) is 1. The zero-order valence-electron chi connectivity index (χ0n) is 19.5. The first-order valence-electron chi connectivity index (χ1n) is 12.4. The molecular formula is C26H32F2N4O2. The molecule has 0 radical (unpaired) electrons. The molecule has 1 amide bonds. The molecule has 6 nitrogen and oxygen atoms in total. The molecule has 5 rings (SSSR count). The number of hydrogen-bond acceptors (Lipinski definition) is 5. The summed E-state index contributed by atoms with van der Waals surface area (Å²) in [6.07, 6.45) is 3.47. The van der Waals surface area contributed by atoms with Gasteiger partial charge in [-0.3, -0.25) is 9.69 Å². The average Bonchev–Trinajstić information content (AvgIpc) is 2.83.